The summed E-state index contributed by atoms with van der Waals surface area (Å²) in [5.74, 6) is 0.576. The van der Waals surface area contributed by atoms with Gasteiger partial charge in [0, 0.05) is 12.1 Å². The number of rotatable bonds is 4. The molecule has 0 fully saturated rings. The maximum atomic E-state index is 6.42. The van der Waals surface area contributed by atoms with Crippen molar-refractivity contribution in [3.05, 3.63) is 43.9 Å². The van der Waals surface area contributed by atoms with E-state index in [0.717, 1.165) is 29.7 Å². The number of aryl methyl sites for hydroxylation is 3. The van der Waals surface area contributed by atoms with Crippen LogP contribution in [0.5, 0.6) is 0 Å². The zero-order valence-corrected chi connectivity index (χ0v) is 15.4. The Labute approximate surface area is 146 Å². The third-order valence-corrected chi connectivity index (χ3v) is 4.79. The highest BCUT2D eigenvalue weighted by atomic mass is 35.5. The van der Waals surface area contributed by atoms with Crippen LogP contribution in [0, 0.1) is 20.8 Å². The molecule has 0 spiro atoms. The van der Waals surface area contributed by atoms with E-state index in [9.17, 15) is 0 Å². The molecule has 1 aromatic heterocycles. The first kappa shape index (κ1) is 17.4. The maximum absolute atomic E-state index is 6.42. The van der Waals surface area contributed by atoms with Crippen LogP contribution in [0.15, 0.2) is 12.1 Å². The zero-order valence-electron chi connectivity index (χ0n) is 13.2. The lowest BCUT2D eigenvalue weighted by Gasteiger charge is -2.16. The molecule has 0 atom stereocenters. The van der Waals surface area contributed by atoms with E-state index in [1.807, 2.05) is 0 Å². The van der Waals surface area contributed by atoms with E-state index in [1.54, 1.807) is 0 Å². The van der Waals surface area contributed by atoms with Crippen molar-refractivity contribution < 1.29 is 0 Å². The number of aromatic nitrogens is 1. The summed E-state index contributed by atoms with van der Waals surface area (Å²) >= 11 is 19.0. The monoisotopic (exact) mass is 356 g/mol. The summed E-state index contributed by atoms with van der Waals surface area (Å²) in [5, 5.41) is 4.30. The van der Waals surface area contributed by atoms with Crippen LogP contribution < -0.4 is 5.32 Å². The maximum Gasteiger partial charge on any atom is 0.147 e. The quantitative estimate of drug-likeness (QED) is 0.679. The average Bonchev–Trinajstić information content (AvgIpc) is 2.45. The number of anilines is 1. The van der Waals surface area contributed by atoms with Gasteiger partial charge in [0.1, 0.15) is 10.8 Å². The van der Waals surface area contributed by atoms with E-state index in [1.165, 1.54) is 5.56 Å². The van der Waals surface area contributed by atoms with Gasteiger partial charge in [-0.2, -0.15) is 0 Å². The Morgan fingerprint density at radius 3 is 2.09 bits per heavy atom. The van der Waals surface area contributed by atoms with Crippen molar-refractivity contribution in [2.45, 2.75) is 34.1 Å². The fraction of sp³-hybridized carbons (Fsp3) is 0.353. The second-order valence-electron chi connectivity index (χ2n) is 5.45. The van der Waals surface area contributed by atoms with E-state index < -0.39 is 0 Å². The summed E-state index contributed by atoms with van der Waals surface area (Å²) in [6, 6.07) is 4.23. The summed E-state index contributed by atoms with van der Waals surface area (Å²) in [5.41, 5.74) is 5.12. The van der Waals surface area contributed by atoms with E-state index >= 15 is 0 Å². The molecular weight excluding hydrogens is 339 g/mol. The average molecular weight is 358 g/mol. The minimum absolute atomic E-state index is 0.339. The first-order valence-corrected chi connectivity index (χ1v) is 8.36. The molecule has 0 unspecified atom stereocenters. The van der Waals surface area contributed by atoms with Gasteiger partial charge in [-0.3, -0.25) is 0 Å². The first-order chi connectivity index (χ1) is 10.4. The van der Waals surface area contributed by atoms with Gasteiger partial charge in [-0.05, 0) is 38.3 Å². The number of pyridine rings is 1. The molecule has 1 N–H and O–H groups in total. The highest BCUT2D eigenvalue weighted by Crippen LogP contribution is 2.42. The van der Waals surface area contributed by atoms with Crippen molar-refractivity contribution in [3.8, 4) is 11.3 Å². The molecule has 0 amide bonds. The Morgan fingerprint density at radius 2 is 1.55 bits per heavy atom. The first-order valence-electron chi connectivity index (χ1n) is 7.23. The van der Waals surface area contributed by atoms with Crippen LogP contribution in [-0.4, -0.2) is 11.5 Å². The Kier molecular flexibility index (Phi) is 5.60. The summed E-state index contributed by atoms with van der Waals surface area (Å²) in [6.07, 6.45) is 0.968. The minimum atomic E-state index is 0.339. The Bertz CT molecular complexity index is 689. The van der Waals surface area contributed by atoms with Crippen LogP contribution in [0.3, 0.4) is 0 Å². The minimum Gasteiger partial charge on any atom is -0.369 e. The SMILES string of the molecule is CCCNc1nc(-c2c(C)cc(C)cc2C)c(Cl)c(Cl)c1Cl. The van der Waals surface area contributed by atoms with Gasteiger partial charge in [-0.25, -0.2) is 4.98 Å². The smallest absolute Gasteiger partial charge is 0.147 e. The normalized spacial score (nSPS) is 10.9. The molecule has 0 aliphatic carbocycles. The number of benzene rings is 1. The largest absolute Gasteiger partial charge is 0.369 e. The van der Waals surface area contributed by atoms with E-state index in [-0.39, 0.29) is 0 Å². The number of nitrogens with zero attached hydrogens (tertiary/aromatic N) is 1. The number of hydrogen-bond acceptors (Lipinski definition) is 2. The van der Waals surface area contributed by atoms with Gasteiger partial charge in [-0.15, -0.1) is 0 Å². The third-order valence-electron chi connectivity index (χ3n) is 3.48. The van der Waals surface area contributed by atoms with Gasteiger partial charge in [-0.1, -0.05) is 59.4 Å². The van der Waals surface area contributed by atoms with Crippen LogP contribution in [0.2, 0.25) is 15.1 Å². The Hall–Kier alpha value is -0.960. The molecule has 5 heteroatoms. The summed E-state index contributed by atoms with van der Waals surface area (Å²) in [6.45, 7) is 9.02. The fourth-order valence-electron chi connectivity index (χ4n) is 2.59. The molecule has 118 valence electrons. The van der Waals surface area contributed by atoms with Gasteiger partial charge < -0.3 is 5.32 Å². The fourth-order valence-corrected chi connectivity index (χ4v) is 3.26. The van der Waals surface area contributed by atoms with E-state index in [4.69, 9.17) is 34.8 Å². The third kappa shape index (κ3) is 3.34. The lowest BCUT2D eigenvalue weighted by Crippen LogP contribution is -2.05. The number of halogens is 3. The molecule has 0 saturated heterocycles. The summed E-state index contributed by atoms with van der Waals surface area (Å²) in [7, 11) is 0. The highest BCUT2D eigenvalue weighted by molar-refractivity contribution is 6.50. The molecule has 0 bridgehead atoms. The van der Waals surface area contributed by atoms with Crippen molar-refractivity contribution >= 4 is 40.6 Å². The molecule has 0 aliphatic heterocycles. The molecule has 2 aromatic rings. The van der Waals surface area contributed by atoms with Gasteiger partial charge in [0.25, 0.3) is 0 Å². The van der Waals surface area contributed by atoms with Crippen LogP contribution in [0.25, 0.3) is 11.3 Å². The van der Waals surface area contributed by atoms with Crippen LogP contribution in [0.1, 0.15) is 30.0 Å². The molecule has 0 aliphatic rings. The lowest BCUT2D eigenvalue weighted by molar-refractivity contribution is 0.970. The van der Waals surface area contributed by atoms with Gasteiger partial charge in [0.2, 0.25) is 0 Å². The summed E-state index contributed by atoms with van der Waals surface area (Å²) in [4.78, 5) is 4.63. The van der Waals surface area contributed by atoms with E-state index in [0.29, 0.717) is 26.6 Å². The molecule has 2 nitrogen and oxygen atoms in total. The molecular formula is C17H19Cl3N2. The molecule has 1 heterocycles. The predicted octanol–water partition coefficient (Wildman–Crippen LogP) is 6.46. The standard InChI is InChI=1S/C17H19Cl3N2/c1-5-6-21-17-15(20)13(18)14(19)16(22-17)12-10(3)7-9(2)8-11(12)4/h7-8H,5-6H2,1-4H3,(H,21,22). The molecule has 0 radical (unpaired) electrons. The molecule has 2 rings (SSSR count). The zero-order chi connectivity index (χ0) is 16.4. The molecule has 22 heavy (non-hydrogen) atoms. The Balaban J connectivity index is 2.68. The molecule has 0 saturated carbocycles. The van der Waals surface area contributed by atoms with Crippen molar-refractivity contribution in [1.82, 2.24) is 4.98 Å². The van der Waals surface area contributed by atoms with Crippen molar-refractivity contribution in [1.29, 1.82) is 0 Å². The topological polar surface area (TPSA) is 24.9 Å². The second kappa shape index (κ2) is 7.08. The number of nitrogens with one attached hydrogen (secondary N) is 1. The van der Waals surface area contributed by atoms with Gasteiger partial charge in [0.15, 0.2) is 0 Å². The lowest BCUT2D eigenvalue weighted by atomic mass is 9.97. The van der Waals surface area contributed by atoms with E-state index in [2.05, 4.69) is 50.1 Å². The summed E-state index contributed by atoms with van der Waals surface area (Å²) < 4.78 is 0. The van der Waals surface area contributed by atoms with Crippen LogP contribution in [-0.2, 0) is 0 Å². The highest BCUT2D eigenvalue weighted by Gasteiger charge is 2.19. The number of hydrogen-bond donors (Lipinski definition) is 1. The van der Waals surface area contributed by atoms with Crippen LogP contribution >= 0.6 is 34.8 Å². The van der Waals surface area contributed by atoms with Gasteiger partial charge >= 0.3 is 0 Å². The molecule has 1 aromatic carbocycles. The Morgan fingerprint density at radius 1 is 0.955 bits per heavy atom. The van der Waals surface area contributed by atoms with Crippen molar-refractivity contribution in [2.24, 2.45) is 0 Å². The van der Waals surface area contributed by atoms with Crippen molar-refractivity contribution in [2.75, 3.05) is 11.9 Å². The predicted molar refractivity (Wildman–Crippen MR) is 97.7 cm³/mol. The second-order valence-corrected chi connectivity index (χ2v) is 6.59. The van der Waals surface area contributed by atoms with Crippen molar-refractivity contribution in [3.63, 3.8) is 0 Å². The van der Waals surface area contributed by atoms with Crippen LogP contribution in [0.4, 0.5) is 5.82 Å². The van der Waals surface area contributed by atoms with Gasteiger partial charge in [0.05, 0.1) is 15.7 Å².